The lowest BCUT2D eigenvalue weighted by Crippen LogP contribution is -2.58. The lowest BCUT2D eigenvalue weighted by molar-refractivity contribution is -0.226. The fourth-order valence-electron chi connectivity index (χ4n) is 6.20. The van der Waals surface area contributed by atoms with Crippen LogP contribution in [-0.4, -0.2) is 97.4 Å². The molecule has 0 aliphatic carbocycles. The Balaban J connectivity index is 1.74. The molecular formula is C32H49N5O7S. The van der Waals surface area contributed by atoms with Crippen LogP contribution >= 0.6 is 0 Å². The van der Waals surface area contributed by atoms with Crippen molar-refractivity contribution in [2.45, 2.75) is 99.5 Å². The monoisotopic (exact) mass is 647 g/mol. The number of guanidine groups is 1. The molecular weight excluding hydrogens is 598 g/mol. The molecule has 0 saturated carbocycles. The Morgan fingerprint density at radius 3 is 2.38 bits per heavy atom. The van der Waals surface area contributed by atoms with Gasteiger partial charge in [-0.1, -0.05) is 51.7 Å². The van der Waals surface area contributed by atoms with Crippen LogP contribution in [0.5, 0.6) is 0 Å². The average molecular weight is 648 g/mol. The second-order valence-electron chi connectivity index (χ2n) is 12.4. The van der Waals surface area contributed by atoms with Crippen LogP contribution in [0, 0.1) is 0 Å². The number of nitrogens with two attached hydrogens (primary N) is 1. The quantitative estimate of drug-likeness (QED) is 0.139. The fraction of sp³-hybridized carbons (Fsp3) is 0.594. The maximum absolute atomic E-state index is 14.0. The van der Waals surface area contributed by atoms with Crippen molar-refractivity contribution in [3.63, 3.8) is 0 Å². The van der Waals surface area contributed by atoms with Gasteiger partial charge in [0.25, 0.3) is 0 Å². The Labute approximate surface area is 266 Å². The van der Waals surface area contributed by atoms with Crippen molar-refractivity contribution in [1.82, 2.24) is 5.32 Å². The predicted octanol–water partition coefficient (Wildman–Crippen LogP) is 1.86. The topological polar surface area (TPSA) is 190 Å². The number of hydrogen-bond donors (Lipinski definition) is 7. The number of rotatable bonds is 11. The summed E-state index contributed by atoms with van der Waals surface area (Å²) < 4.78 is 33.5. The average Bonchev–Trinajstić information content (AvgIpc) is 3.11. The Morgan fingerprint density at radius 2 is 1.76 bits per heavy atom. The summed E-state index contributed by atoms with van der Waals surface area (Å²) in [5.74, 6) is -0.107. The lowest BCUT2D eigenvalue weighted by atomic mass is 9.86. The van der Waals surface area contributed by atoms with E-state index in [1.165, 1.54) is 0 Å². The lowest BCUT2D eigenvalue weighted by Gasteiger charge is -2.38. The Morgan fingerprint density at radius 1 is 1.07 bits per heavy atom. The van der Waals surface area contributed by atoms with Crippen molar-refractivity contribution in [1.29, 1.82) is 0 Å². The van der Waals surface area contributed by atoms with E-state index in [-0.39, 0.29) is 11.7 Å². The number of aliphatic imine (C=N–C) groups is 1. The largest absolute Gasteiger partial charge is 0.394 e. The molecule has 6 atom stereocenters. The normalized spacial score (nSPS) is 27.8. The van der Waals surface area contributed by atoms with E-state index in [1.54, 1.807) is 12.1 Å². The SMILES string of the molecule is CCCCC1(CCCC)CS(=O)(=O)c2ccc(N(C)C)cc2[C@@H](c2cccc(N/C(N)=N\[C@@H]3O[C@H](CO)[C@@H](O)[C@H](O)[C@H]3O)c2)N1. The van der Waals surface area contributed by atoms with E-state index >= 15 is 0 Å². The highest BCUT2D eigenvalue weighted by Crippen LogP contribution is 2.40. The molecule has 2 aliphatic rings. The number of aliphatic hydroxyl groups excluding tert-OH is 4. The highest BCUT2D eigenvalue weighted by Gasteiger charge is 2.44. The molecule has 2 aliphatic heterocycles. The molecule has 0 unspecified atom stereocenters. The molecule has 0 radical (unpaired) electrons. The summed E-state index contributed by atoms with van der Waals surface area (Å²) in [6.45, 7) is 3.64. The molecule has 250 valence electrons. The molecule has 2 aromatic rings. The predicted molar refractivity (Wildman–Crippen MR) is 175 cm³/mol. The Bertz CT molecular complexity index is 1430. The Kier molecular flexibility index (Phi) is 11.5. The minimum Gasteiger partial charge on any atom is -0.394 e. The van der Waals surface area contributed by atoms with E-state index in [1.807, 2.05) is 49.3 Å². The van der Waals surface area contributed by atoms with Gasteiger partial charge in [0, 0.05) is 31.0 Å². The van der Waals surface area contributed by atoms with Crippen LogP contribution in [0.4, 0.5) is 11.4 Å². The third-order valence-corrected chi connectivity index (χ3v) is 10.7. The van der Waals surface area contributed by atoms with Crippen LogP contribution in [0.25, 0.3) is 0 Å². The smallest absolute Gasteiger partial charge is 0.195 e. The molecule has 45 heavy (non-hydrogen) atoms. The van der Waals surface area contributed by atoms with Crippen molar-refractivity contribution in [2.75, 3.05) is 36.7 Å². The van der Waals surface area contributed by atoms with E-state index in [0.29, 0.717) is 16.1 Å². The van der Waals surface area contributed by atoms with E-state index in [9.17, 15) is 28.8 Å². The van der Waals surface area contributed by atoms with Gasteiger partial charge in [0.2, 0.25) is 0 Å². The molecule has 12 nitrogen and oxygen atoms in total. The molecule has 2 aromatic carbocycles. The highest BCUT2D eigenvalue weighted by molar-refractivity contribution is 7.91. The van der Waals surface area contributed by atoms with Gasteiger partial charge in [-0.05, 0) is 54.3 Å². The Hall–Kier alpha value is -2.78. The van der Waals surface area contributed by atoms with Gasteiger partial charge in [0.05, 0.1) is 23.3 Å². The number of aliphatic hydroxyl groups is 4. The molecule has 0 amide bonds. The number of benzene rings is 2. The minimum atomic E-state index is -3.63. The molecule has 4 rings (SSSR count). The van der Waals surface area contributed by atoms with Gasteiger partial charge in [-0.15, -0.1) is 0 Å². The molecule has 0 bridgehead atoms. The van der Waals surface area contributed by atoms with Gasteiger partial charge in [-0.3, -0.25) is 5.32 Å². The zero-order chi connectivity index (χ0) is 32.9. The standard InChI is InChI=1S/C32H49N5O7S/c1-5-7-14-32(15-8-6-2)19-45(42,43)25-13-12-22(37(3)4)17-23(25)26(36-32)20-10-9-11-21(16-20)34-31(33)35-30-29(41)28(40)27(39)24(18-38)44-30/h9-13,16-17,24,26-30,36,38-41H,5-8,14-15,18-19H2,1-4H3,(H3,33,34,35)/t24-,26-,27-,28+,29-,30-/m1/s1. The summed E-state index contributed by atoms with van der Waals surface area (Å²) in [6.07, 6.45) is -1.94. The maximum Gasteiger partial charge on any atom is 0.195 e. The number of nitrogens with zero attached hydrogens (tertiary/aromatic N) is 2. The molecule has 0 spiro atoms. The minimum absolute atomic E-state index is 0.0153. The number of unbranched alkanes of at least 4 members (excludes halogenated alkanes) is 2. The molecule has 1 saturated heterocycles. The highest BCUT2D eigenvalue weighted by atomic mass is 32.2. The number of sulfone groups is 1. The van der Waals surface area contributed by atoms with Crippen molar-refractivity contribution < 1.29 is 33.6 Å². The second-order valence-corrected chi connectivity index (χ2v) is 14.4. The van der Waals surface area contributed by atoms with Gasteiger partial charge < -0.3 is 41.1 Å². The van der Waals surface area contributed by atoms with Crippen molar-refractivity contribution in [2.24, 2.45) is 10.7 Å². The molecule has 2 heterocycles. The van der Waals surface area contributed by atoms with Gasteiger partial charge in [-0.25, -0.2) is 13.4 Å². The first-order chi connectivity index (χ1) is 21.3. The van der Waals surface area contributed by atoms with Gasteiger partial charge in [-0.2, -0.15) is 0 Å². The fourth-order valence-corrected chi connectivity index (χ4v) is 8.26. The molecule has 8 N–H and O–H groups in total. The first kappa shape index (κ1) is 35.1. The second kappa shape index (κ2) is 14.8. The van der Waals surface area contributed by atoms with Crippen molar-refractivity contribution in [3.05, 3.63) is 53.6 Å². The van der Waals surface area contributed by atoms with Crippen molar-refractivity contribution in [3.8, 4) is 0 Å². The molecule has 13 heteroatoms. The number of anilines is 2. The van der Waals surface area contributed by atoms with Gasteiger partial charge >= 0.3 is 0 Å². The summed E-state index contributed by atoms with van der Waals surface area (Å²) in [7, 11) is 0.216. The number of nitrogens with one attached hydrogen (secondary N) is 2. The third-order valence-electron chi connectivity index (χ3n) is 8.72. The van der Waals surface area contributed by atoms with E-state index in [2.05, 4.69) is 29.5 Å². The third kappa shape index (κ3) is 7.97. The van der Waals surface area contributed by atoms with Crippen LogP contribution in [0.3, 0.4) is 0 Å². The van der Waals surface area contributed by atoms with E-state index < -0.39 is 58.7 Å². The number of hydrogen-bond acceptors (Lipinski definition) is 10. The van der Waals surface area contributed by atoms with Crippen molar-refractivity contribution >= 4 is 27.2 Å². The number of ether oxygens (including phenoxy) is 1. The van der Waals surface area contributed by atoms with Crippen LogP contribution in [0.2, 0.25) is 0 Å². The summed E-state index contributed by atoms with van der Waals surface area (Å²) in [5, 5.41) is 46.9. The summed E-state index contributed by atoms with van der Waals surface area (Å²) >= 11 is 0. The maximum atomic E-state index is 14.0. The van der Waals surface area contributed by atoms with Gasteiger partial charge in [0.1, 0.15) is 24.4 Å². The molecule has 1 fully saturated rings. The zero-order valence-electron chi connectivity index (χ0n) is 26.6. The summed E-state index contributed by atoms with van der Waals surface area (Å²) in [5.41, 5.74) is 8.50. The number of fused-ring (bicyclic) bond motifs is 1. The first-order valence-electron chi connectivity index (χ1n) is 15.7. The van der Waals surface area contributed by atoms with Gasteiger partial charge in [0.15, 0.2) is 22.0 Å². The first-order valence-corrected chi connectivity index (χ1v) is 17.3. The van der Waals surface area contributed by atoms with Crippen LogP contribution < -0.4 is 21.3 Å². The van der Waals surface area contributed by atoms with Crippen LogP contribution in [0.15, 0.2) is 52.4 Å². The van der Waals surface area contributed by atoms with Crippen LogP contribution in [-0.2, 0) is 14.6 Å². The van der Waals surface area contributed by atoms with Crippen LogP contribution in [0.1, 0.15) is 69.5 Å². The van der Waals surface area contributed by atoms with E-state index in [0.717, 1.165) is 49.8 Å². The molecule has 0 aromatic heterocycles. The van der Waals surface area contributed by atoms with E-state index in [4.69, 9.17) is 10.5 Å². The zero-order valence-corrected chi connectivity index (χ0v) is 27.4. The summed E-state index contributed by atoms with van der Waals surface area (Å²) in [4.78, 5) is 6.43. The summed E-state index contributed by atoms with van der Waals surface area (Å²) in [6, 6.07) is 12.5.